The number of benzene rings is 2. The molecule has 2 aromatic carbocycles. The summed E-state index contributed by atoms with van der Waals surface area (Å²) in [4.78, 5) is 23.0. The minimum absolute atomic E-state index is 0.0388. The van der Waals surface area contributed by atoms with Gasteiger partial charge in [-0.05, 0) is 56.7 Å². The number of amides is 2. The third-order valence-electron chi connectivity index (χ3n) is 6.25. The van der Waals surface area contributed by atoms with Gasteiger partial charge in [0.15, 0.2) is 0 Å². The molecule has 1 aliphatic heterocycles. The Labute approximate surface area is 258 Å². The van der Waals surface area contributed by atoms with E-state index in [0.717, 1.165) is 22.9 Å². The van der Waals surface area contributed by atoms with E-state index in [2.05, 4.69) is 4.74 Å². The number of carbonyl (C=O) groups excluding carboxylic acids is 2. The van der Waals surface area contributed by atoms with Crippen LogP contribution in [0.25, 0.3) is 0 Å². The average molecular weight is 734 g/mol. The zero-order valence-electron chi connectivity index (χ0n) is 23.5. The second-order valence-electron chi connectivity index (χ2n) is 10.1. The minimum Gasteiger partial charge on any atom is -0.486 e. The number of carbonyl (C=O) groups is 2. The number of anilines is 2. The van der Waals surface area contributed by atoms with Gasteiger partial charge in [-0.15, -0.1) is 0 Å². The molecule has 11 nitrogen and oxygen atoms in total. The van der Waals surface area contributed by atoms with Crippen molar-refractivity contribution in [3.8, 4) is 5.75 Å². The van der Waals surface area contributed by atoms with Crippen LogP contribution in [0.5, 0.6) is 5.75 Å². The molecule has 262 valence electrons. The Morgan fingerprint density at radius 2 is 1.57 bits per heavy atom. The fourth-order valence-corrected chi connectivity index (χ4v) is 5.80. The van der Waals surface area contributed by atoms with Crippen LogP contribution in [0.2, 0.25) is 0 Å². The first-order valence-corrected chi connectivity index (χ1v) is 15.5. The number of alkyl halides is 9. The standard InChI is InChI=1S/C24H21F10N3O8S2/c1-21(2,23(29,30)31)45-20(39)35-12-3-7-18-17(9-12)37(46(40,41)14-5-6-16(25)15(10-14)22(26,27)28)11-13(44-18)4-8-19(38)36-47(42,43)24(32,33)34/h3,5-7,9-10,13H,4,8,11H2,1-2H3,(H,35,39)(H,36,38)/t13-/m0/s1. The third kappa shape index (κ3) is 8.48. The molecule has 2 aromatic rings. The van der Waals surface area contributed by atoms with E-state index < -0.39 is 114 Å². The van der Waals surface area contributed by atoms with E-state index in [1.54, 1.807) is 0 Å². The fourth-order valence-electron chi connectivity index (χ4n) is 3.76. The van der Waals surface area contributed by atoms with E-state index in [9.17, 15) is 70.3 Å². The lowest BCUT2D eigenvalue weighted by atomic mass is 10.1. The number of hydrogen-bond donors (Lipinski definition) is 2. The Bertz CT molecular complexity index is 1760. The number of hydrogen-bond acceptors (Lipinski definition) is 8. The number of ether oxygens (including phenoxy) is 2. The van der Waals surface area contributed by atoms with E-state index in [-0.39, 0.29) is 12.1 Å². The maximum Gasteiger partial charge on any atom is 0.516 e. The zero-order chi connectivity index (χ0) is 36.0. The second-order valence-corrected chi connectivity index (χ2v) is 13.7. The molecule has 23 heteroatoms. The van der Waals surface area contributed by atoms with Crippen LogP contribution in [0.3, 0.4) is 0 Å². The highest BCUT2D eigenvalue weighted by Crippen LogP contribution is 2.41. The van der Waals surface area contributed by atoms with Gasteiger partial charge in [-0.2, -0.15) is 47.9 Å². The summed E-state index contributed by atoms with van der Waals surface area (Å²) in [7, 11) is -11.2. The molecule has 0 unspecified atom stereocenters. The summed E-state index contributed by atoms with van der Waals surface area (Å²) in [5.41, 5.74) is -11.8. The van der Waals surface area contributed by atoms with Gasteiger partial charge in [0, 0.05) is 12.1 Å². The van der Waals surface area contributed by atoms with Crippen LogP contribution in [-0.4, -0.2) is 58.8 Å². The van der Waals surface area contributed by atoms with Crippen LogP contribution in [0.4, 0.5) is 60.1 Å². The molecule has 0 radical (unpaired) electrons. The molecule has 3 rings (SSSR count). The van der Waals surface area contributed by atoms with Gasteiger partial charge in [-0.3, -0.25) is 14.4 Å². The van der Waals surface area contributed by atoms with Crippen molar-refractivity contribution in [3.05, 3.63) is 47.8 Å². The quantitative estimate of drug-likeness (QED) is 0.341. The molecule has 47 heavy (non-hydrogen) atoms. The van der Waals surface area contributed by atoms with Crippen molar-refractivity contribution in [2.24, 2.45) is 0 Å². The molecule has 1 heterocycles. The van der Waals surface area contributed by atoms with Crippen molar-refractivity contribution in [1.82, 2.24) is 4.72 Å². The van der Waals surface area contributed by atoms with E-state index in [4.69, 9.17) is 4.74 Å². The fraction of sp³-hybridized carbons (Fsp3) is 0.417. The van der Waals surface area contributed by atoms with Crippen molar-refractivity contribution in [2.75, 3.05) is 16.2 Å². The Morgan fingerprint density at radius 1 is 0.957 bits per heavy atom. The Hall–Kier alpha value is -4.02. The lowest BCUT2D eigenvalue weighted by molar-refractivity contribution is -0.242. The average Bonchev–Trinajstić information content (AvgIpc) is 2.89. The maximum atomic E-state index is 13.9. The first-order valence-electron chi connectivity index (χ1n) is 12.5. The molecule has 0 saturated heterocycles. The monoisotopic (exact) mass is 733 g/mol. The van der Waals surface area contributed by atoms with Crippen molar-refractivity contribution < 1.29 is 79.8 Å². The second kappa shape index (κ2) is 12.5. The van der Waals surface area contributed by atoms with E-state index >= 15 is 0 Å². The first kappa shape index (κ1) is 37.4. The summed E-state index contributed by atoms with van der Waals surface area (Å²) < 4.78 is 192. The van der Waals surface area contributed by atoms with Gasteiger partial charge in [0.05, 0.1) is 22.7 Å². The Kier molecular flexibility index (Phi) is 9.99. The van der Waals surface area contributed by atoms with E-state index in [0.29, 0.717) is 24.2 Å². The molecule has 2 amide bonds. The Balaban J connectivity index is 2.00. The van der Waals surface area contributed by atoms with Gasteiger partial charge >= 0.3 is 34.0 Å². The maximum absolute atomic E-state index is 13.9. The molecule has 1 aliphatic rings. The van der Waals surface area contributed by atoms with Crippen molar-refractivity contribution in [3.63, 3.8) is 0 Å². The Morgan fingerprint density at radius 3 is 2.13 bits per heavy atom. The predicted octanol–water partition coefficient (Wildman–Crippen LogP) is 5.44. The van der Waals surface area contributed by atoms with Gasteiger partial charge in [0.25, 0.3) is 10.0 Å². The SMILES string of the molecule is CC(C)(OC(=O)Nc1ccc2c(c1)N(S(=O)(=O)c1ccc(F)c(C(F)(F)F)c1)C[C@H](CCC(=O)NS(=O)(=O)C(F)(F)F)O2)C(F)(F)F. The number of halogens is 10. The predicted molar refractivity (Wildman–Crippen MR) is 139 cm³/mol. The van der Waals surface area contributed by atoms with Gasteiger partial charge in [-0.25, -0.2) is 22.3 Å². The summed E-state index contributed by atoms with van der Waals surface area (Å²) in [6.45, 7) is 0.152. The summed E-state index contributed by atoms with van der Waals surface area (Å²) in [6, 6.07) is 3.35. The number of fused-ring (bicyclic) bond motifs is 1. The lowest BCUT2D eigenvalue weighted by Crippen LogP contribution is -2.45. The van der Waals surface area contributed by atoms with E-state index in [1.807, 2.05) is 5.32 Å². The normalized spacial score (nSPS) is 16.2. The van der Waals surface area contributed by atoms with Crippen LogP contribution in [0.1, 0.15) is 32.3 Å². The summed E-state index contributed by atoms with van der Waals surface area (Å²) in [5, 5.41) is 1.92. The molecule has 1 atom stereocenters. The molecule has 0 spiro atoms. The van der Waals surface area contributed by atoms with E-state index in [1.165, 1.54) is 0 Å². The van der Waals surface area contributed by atoms with Crippen LogP contribution < -0.4 is 19.1 Å². The van der Waals surface area contributed by atoms with Crippen LogP contribution in [0, 0.1) is 5.82 Å². The summed E-state index contributed by atoms with van der Waals surface area (Å²) in [5.74, 6) is -3.94. The molecule has 0 aromatic heterocycles. The number of rotatable bonds is 8. The highest BCUT2D eigenvalue weighted by Gasteiger charge is 2.51. The summed E-state index contributed by atoms with van der Waals surface area (Å²) in [6.07, 6.45) is -15.2. The minimum atomic E-state index is -6.10. The smallest absolute Gasteiger partial charge is 0.486 e. The molecule has 0 aliphatic carbocycles. The lowest BCUT2D eigenvalue weighted by Gasteiger charge is -2.36. The zero-order valence-corrected chi connectivity index (χ0v) is 25.1. The van der Waals surface area contributed by atoms with Gasteiger partial charge < -0.3 is 9.47 Å². The molecule has 2 N–H and O–H groups in total. The number of sulfonamides is 2. The summed E-state index contributed by atoms with van der Waals surface area (Å²) >= 11 is 0. The topological polar surface area (TPSA) is 148 Å². The number of nitrogens with one attached hydrogen (secondary N) is 2. The van der Waals surface area contributed by atoms with Crippen LogP contribution >= 0.6 is 0 Å². The van der Waals surface area contributed by atoms with Crippen molar-refractivity contribution in [1.29, 1.82) is 0 Å². The largest absolute Gasteiger partial charge is 0.516 e. The number of nitrogens with zero attached hydrogens (tertiary/aromatic N) is 1. The third-order valence-corrected chi connectivity index (χ3v) is 9.13. The molecule has 0 bridgehead atoms. The van der Waals surface area contributed by atoms with Gasteiger partial charge in [0.2, 0.25) is 11.5 Å². The molecule has 0 fully saturated rings. The highest BCUT2D eigenvalue weighted by molar-refractivity contribution is 7.92. The van der Waals surface area contributed by atoms with Gasteiger partial charge in [0.1, 0.15) is 17.7 Å². The molecule has 0 saturated carbocycles. The van der Waals surface area contributed by atoms with Crippen molar-refractivity contribution >= 4 is 43.4 Å². The van der Waals surface area contributed by atoms with Crippen molar-refractivity contribution in [2.45, 2.75) is 61.2 Å². The molecular formula is C24H21F10N3O8S2. The van der Waals surface area contributed by atoms with Crippen LogP contribution in [-0.2, 0) is 35.8 Å². The van der Waals surface area contributed by atoms with Gasteiger partial charge in [-0.1, -0.05) is 0 Å². The van der Waals surface area contributed by atoms with Crippen LogP contribution in [0.15, 0.2) is 41.3 Å². The molecular weight excluding hydrogens is 712 g/mol. The first-order chi connectivity index (χ1) is 21.2. The highest BCUT2D eigenvalue weighted by atomic mass is 32.2.